The molecule has 0 amide bonds. The molecule has 29 heavy (non-hydrogen) atoms. The molecule has 2 aromatic carbocycles. The van der Waals surface area contributed by atoms with E-state index in [1.165, 1.54) is 71.3 Å². The van der Waals surface area contributed by atoms with E-state index >= 15 is 0 Å². The number of hydrogen-bond acceptors (Lipinski definition) is 0. The Hall–Kier alpha value is -0.100. The predicted molar refractivity (Wildman–Crippen MR) is 141 cm³/mol. The second-order valence-corrected chi connectivity index (χ2v) is 11.8. The van der Waals surface area contributed by atoms with E-state index < -0.39 is 0 Å². The third-order valence-corrected chi connectivity index (χ3v) is 9.22. The van der Waals surface area contributed by atoms with E-state index in [9.17, 15) is 0 Å². The summed E-state index contributed by atoms with van der Waals surface area (Å²) < 4.78 is 2.69. The van der Waals surface area contributed by atoms with Crippen LogP contribution in [0.3, 0.4) is 0 Å². The zero-order valence-corrected chi connectivity index (χ0v) is 22.0. The van der Waals surface area contributed by atoms with Crippen LogP contribution >= 0.6 is 45.2 Å². The summed E-state index contributed by atoms with van der Waals surface area (Å²) in [5, 5.41) is 0. The van der Waals surface area contributed by atoms with Crippen molar-refractivity contribution in [3.63, 3.8) is 0 Å². The molecule has 0 nitrogen and oxygen atoms in total. The Morgan fingerprint density at radius 2 is 1.31 bits per heavy atom. The highest BCUT2D eigenvalue weighted by Crippen LogP contribution is 2.65. The van der Waals surface area contributed by atoms with Crippen LogP contribution in [-0.2, 0) is 5.41 Å². The van der Waals surface area contributed by atoms with E-state index in [4.69, 9.17) is 0 Å². The second-order valence-electron chi connectivity index (χ2n) is 9.32. The topological polar surface area (TPSA) is 0 Å². The van der Waals surface area contributed by atoms with Crippen LogP contribution in [0.15, 0.2) is 48.5 Å². The van der Waals surface area contributed by atoms with Crippen molar-refractivity contribution in [1.29, 1.82) is 0 Å². The first-order valence-electron chi connectivity index (χ1n) is 11.7. The van der Waals surface area contributed by atoms with Crippen LogP contribution in [0, 0.1) is 24.9 Å². The van der Waals surface area contributed by atoms with Crippen molar-refractivity contribution >= 4 is 45.2 Å². The molecule has 2 aliphatic rings. The Balaban J connectivity index is 1.58. The molecule has 2 heteroatoms. The molecular weight excluding hydrogens is 578 g/mol. The molecule has 0 spiro atoms. The zero-order chi connectivity index (χ0) is 20.3. The smallest absolute Gasteiger partial charge is 0.0261 e. The van der Waals surface area contributed by atoms with Crippen LogP contribution < -0.4 is 0 Å². The van der Waals surface area contributed by atoms with Gasteiger partial charge in [-0.15, -0.1) is 0 Å². The van der Waals surface area contributed by atoms with Gasteiger partial charge in [0.2, 0.25) is 0 Å². The van der Waals surface area contributed by atoms with Gasteiger partial charge in [0.05, 0.1) is 0 Å². The molecule has 156 valence electrons. The van der Waals surface area contributed by atoms with Gasteiger partial charge in [0, 0.05) is 12.6 Å². The Bertz CT molecular complexity index is 732. The Labute approximate surface area is 204 Å². The van der Waals surface area contributed by atoms with E-state index in [0.717, 1.165) is 17.8 Å². The van der Waals surface area contributed by atoms with Crippen molar-refractivity contribution in [3.8, 4) is 0 Å². The lowest BCUT2D eigenvalue weighted by Gasteiger charge is -2.37. The molecule has 0 aliphatic heterocycles. The lowest BCUT2D eigenvalue weighted by atomic mass is 9.66. The molecule has 0 saturated heterocycles. The van der Waals surface area contributed by atoms with Crippen LogP contribution in [0.4, 0.5) is 0 Å². The molecule has 2 aliphatic carbocycles. The maximum atomic E-state index is 2.44. The summed E-state index contributed by atoms with van der Waals surface area (Å²) in [6.07, 6.45) is 14.2. The van der Waals surface area contributed by atoms with Crippen LogP contribution in [0.2, 0.25) is 0 Å². The molecule has 0 radical (unpaired) electrons. The fraction of sp³-hybridized carbons (Fsp3) is 0.556. The maximum Gasteiger partial charge on any atom is 0.0261 e. The summed E-state index contributed by atoms with van der Waals surface area (Å²) >= 11 is 4.89. The summed E-state index contributed by atoms with van der Waals surface area (Å²) in [7, 11) is 0. The molecule has 0 heterocycles. The SMILES string of the molecule is CCCCCCCC[C@H]1C[C@H]2CC[C@@H]1C2(c1ccc(I)cc1)c1ccc(I)cc1. The van der Waals surface area contributed by atoms with Gasteiger partial charge in [-0.25, -0.2) is 0 Å². The Kier molecular flexibility index (Phi) is 7.63. The average Bonchev–Trinajstić information content (AvgIpc) is 3.25. The molecule has 2 saturated carbocycles. The van der Waals surface area contributed by atoms with Gasteiger partial charge in [0.1, 0.15) is 0 Å². The van der Waals surface area contributed by atoms with Crippen molar-refractivity contribution in [3.05, 3.63) is 66.8 Å². The van der Waals surface area contributed by atoms with Crippen LogP contribution in [0.25, 0.3) is 0 Å². The van der Waals surface area contributed by atoms with Crippen molar-refractivity contribution < 1.29 is 0 Å². The number of hydrogen-bond donors (Lipinski definition) is 0. The Morgan fingerprint density at radius 3 is 1.90 bits per heavy atom. The fourth-order valence-electron chi connectivity index (χ4n) is 6.60. The molecule has 0 aromatic heterocycles. The van der Waals surface area contributed by atoms with Gasteiger partial charge < -0.3 is 0 Å². The molecular formula is C27H34I2. The summed E-state index contributed by atoms with van der Waals surface area (Å²) in [6.45, 7) is 2.31. The van der Waals surface area contributed by atoms with Crippen LogP contribution in [0.1, 0.15) is 82.3 Å². The van der Waals surface area contributed by atoms with Gasteiger partial charge in [-0.2, -0.15) is 0 Å². The predicted octanol–water partition coefficient (Wildman–Crippen LogP) is 8.98. The number of fused-ring (bicyclic) bond motifs is 2. The first kappa shape index (κ1) is 22.1. The second kappa shape index (κ2) is 10.0. The summed E-state index contributed by atoms with van der Waals surface area (Å²) in [5.41, 5.74) is 3.41. The third-order valence-electron chi connectivity index (χ3n) is 7.78. The highest BCUT2D eigenvalue weighted by Gasteiger charge is 2.59. The van der Waals surface area contributed by atoms with Gasteiger partial charge in [-0.1, -0.05) is 76.1 Å². The molecule has 0 N–H and O–H groups in total. The quantitative estimate of drug-likeness (QED) is 0.196. The van der Waals surface area contributed by atoms with Gasteiger partial charge in [0.25, 0.3) is 0 Å². The van der Waals surface area contributed by atoms with Crippen molar-refractivity contribution in [1.82, 2.24) is 0 Å². The van der Waals surface area contributed by atoms with E-state index in [1.54, 1.807) is 11.1 Å². The first-order valence-corrected chi connectivity index (χ1v) is 13.8. The van der Waals surface area contributed by atoms with Crippen LogP contribution in [-0.4, -0.2) is 0 Å². The average molecular weight is 612 g/mol. The monoisotopic (exact) mass is 612 g/mol. The van der Waals surface area contributed by atoms with Crippen molar-refractivity contribution in [2.24, 2.45) is 17.8 Å². The van der Waals surface area contributed by atoms with Gasteiger partial charge in [0.15, 0.2) is 0 Å². The number of halogens is 2. The first-order chi connectivity index (χ1) is 14.2. The highest BCUT2D eigenvalue weighted by atomic mass is 127. The number of benzene rings is 2. The number of rotatable bonds is 9. The molecule has 2 aromatic rings. The van der Waals surface area contributed by atoms with Crippen LogP contribution in [0.5, 0.6) is 0 Å². The summed E-state index contributed by atoms with van der Waals surface area (Å²) in [6, 6.07) is 19.1. The minimum absolute atomic E-state index is 0.252. The van der Waals surface area contributed by atoms with E-state index in [-0.39, 0.29) is 5.41 Å². The molecule has 2 fully saturated rings. The standard InChI is InChI=1S/C27H34I2/c1-2-3-4-5-6-7-8-20-19-23-13-18-26(20)27(23,21-9-14-24(28)15-10-21)22-11-16-25(29)17-12-22/h9-12,14-17,20,23,26H,2-8,13,18-19H2,1H3/t20-,23+,26-/m0/s1. The zero-order valence-electron chi connectivity index (χ0n) is 17.7. The van der Waals surface area contributed by atoms with E-state index in [0.29, 0.717) is 0 Å². The van der Waals surface area contributed by atoms with Gasteiger partial charge in [-0.3, -0.25) is 0 Å². The normalized spacial score (nSPS) is 24.9. The van der Waals surface area contributed by atoms with Gasteiger partial charge >= 0.3 is 0 Å². The summed E-state index contributed by atoms with van der Waals surface area (Å²) in [4.78, 5) is 0. The fourth-order valence-corrected chi connectivity index (χ4v) is 7.32. The molecule has 4 rings (SSSR count). The van der Waals surface area contributed by atoms with Crippen molar-refractivity contribution in [2.75, 3.05) is 0 Å². The summed E-state index contributed by atoms with van der Waals surface area (Å²) in [5.74, 6) is 2.56. The lowest BCUT2D eigenvalue weighted by Crippen LogP contribution is -2.34. The minimum atomic E-state index is 0.252. The maximum absolute atomic E-state index is 2.44. The van der Waals surface area contributed by atoms with E-state index in [2.05, 4.69) is 101 Å². The Morgan fingerprint density at radius 1 is 0.759 bits per heavy atom. The molecule has 0 unspecified atom stereocenters. The molecule has 3 atom stereocenters. The highest BCUT2D eigenvalue weighted by molar-refractivity contribution is 14.1. The molecule has 2 bridgehead atoms. The third kappa shape index (κ3) is 4.44. The van der Waals surface area contributed by atoms with Gasteiger partial charge in [-0.05, 0) is 118 Å². The lowest BCUT2D eigenvalue weighted by molar-refractivity contribution is 0.287. The number of unbranched alkanes of at least 4 members (excludes halogenated alkanes) is 5. The van der Waals surface area contributed by atoms with Crippen molar-refractivity contribution in [2.45, 2.75) is 76.5 Å². The van der Waals surface area contributed by atoms with E-state index in [1.807, 2.05) is 0 Å². The largest absolute Gasteiger partial charge is 0.0654 e. The minimum Gasteiger partial charge on any atom is -0.0654 e.